The van der Waals surface area contributed by atoms with Crippen LogP contribution in [0.4, 0.5) is 0 Å². The summed E-state index contributed by atoms with van der Waals surface area (Å²) in [5.74, 6) is 0.903. The molecule has 0 bridgehead atoms. The highest BCUT2D eigenvalue weighted by Crippen LogP contribution is 2.15. The van der Waals surface area contributed by atoms with E-state index < -0.39 is 0 Å². The highest BCUT2D eigenvalue weighted by atomic mass is 16.6. The van der Waals surface area contributed by atoms with Crippen LogP contribution in [-0.2, 0) is 4.74 Å². The van der Waals surface area contributed by atoms with E-state index in [1.165, 1.54) is 57.8 Å². The smallest absolute Gasteiger partial charge is 0.0701 e. The number of aliphatic hydroxyl groups excluding tert-OH is 1. The normalized spacial score (nSPS) is 15.8. The SMILES string of the molecule is C1CO1.CCC(C)CCCCCCCCCCC(O)CC[O-]. The minimum absolute atomic E-state index is 0.141. The average Bonchev–Trinajstić information content (AvgIpc) is 3.37. The molecule has 1 rings (SSSR count). The summed E-state index contributed by atoms with van der Waals surface area (Å²) in [5.41, 5.74) is 0. The van der Waals surface area contributed by atoms with E-state index in [4.69, 9.17) is 0 Å². The molecule has 1 aliphatic heterocycles. The fourth-order valence-electron chi connectivity index (χ4n) is 2.42. The number of aliphatic hydroxyl groups is 1. The van der Waals surface area contributed by atoms with E-state index >= 15 is 0 Å². The van der Waals surface area contributed by atoms with Gasteiger partial charge in [0.05, 0.1) is 19.3 Å². The Balaban J connectivity index is 0.00000129. The first-order valence-electron chi connectivity index (χ1n) is 9.54. The molecule has 0 aliphatic carbocycles. The molecular weight excluding hydrogens is 276 g/mol. The Hall–Kier alpha value is -0.120. The molecule has 0 radical (unpaired) electrons. The Morgan fingerprint density at radius 1 is 0.864 bits per heavy atom. The molecule has 3 nitrogen and oxygen atoms in total. The predicted octanol–water partition coefficient (Wildman–Crippen LogP) is 4.06. The van der Waals surface area contributed by atoms with Gasteiger partial charge in [-0.05, 0) is 18.8 Å². The maximum atomic E-state index is 10.3. The molecule has 0 saturated carbocycles. The van der Waals surface area contributed by atoms with Gasteiger partial charge in [-0.15, -0.1) is 6.61 Å². The van der Waals surface area contributed by atoms with Crippen molar-refractivity contribution in [1.82, 2.24) is 0 Å². The molecule has 3 heteroatoms. The van der Waals surface area contributed by atoms with Crippen molar-refractivity contribution < 1.29 is 14.9 Å². The summed E-state index contributed by atoms with van der Waals surface area (Å²) < 4.78 is 4.50. The van der Waals surface area contributed by atoms with Gasteiger partial charge in [-0.1, -0.05) is 78.1 Å². The van der Waals surface area contributed by atoms with Gasteiger partial charge >= 0.3 is 0 Å². The Kier molecular flexibility index (Phi) is 17.1. The average molecular weight is 316 g/mol. The second-order valence-corrected chi connectivity index (χ2v) is 6.68. The standard InChI is InChI=1S/C17H35O2.C2H4O/c1-3-16(2)12-10-8-6-4-5-7-9-11-13-17(19)14-15-18;1-2-3-1/h16-17,19H,3-15H2,1-2H3;1-2H2/q-1;. The van der Waals surface area contributed by atoms with Gasteiger partial charge in [0.25, 0.3) is 0 Å². The van der Waals surface area contributed by atoms with Crippen LogP contribution in [0.2, 0.25) is 0 Å². The molecule has 2 atom stereocenters. The molecule has 22 heavy (non-hydrogen) atoms. The zero-order valence-electron chi connectivity index (χ0n) is 15.0. The number of rotatable bonds is 14. The summed E-state index contributed by atoms with van der Waals surface area (Å²) >= 11 is 0. The van der Waals surface area contributed by atoms with Gasteiger partial charge < -0.3 is 14.9 Å². The lowest BCUT2D eigenvalue weighted by atomic mass is 9.99. The van der Waals surface area contributed by atoms with E-state index in [1.54, 1.807) is 0 Å². The number of hydrogen-bond donors (Lipinski definition) is 1. The van der Waals surface area contributed by atoms with Crippen LogP contribution < -0.4 is 5.11 Å². The van der Waals surface area contributed by atoms with E-state index in [0.29, 0.717) is 6.42 Å². The molecule has 2 unspecified atom stereocenters. The molecule has 1 N–H and O–H groups in total. The van der Waals surface area contributed by atoms with Gasteiger partial charge in [-0.25, -0.2) is 0 Å². The summed E-state index contributed by atoms with van der Waals surface area (Å²) in [5, 5.41) is 19.7. The van der Waals surface area contributed by atoms with Crippen molar-refractivity contribution in [3.63, 3.8) is 0 Å². The van der Waals surface area contributed by atoms with Crippen LogP contribution in [-0.4, -0.2) is 31.0 Å². The van der Waals surface area contributed by atoms with Crippen molar-refractivity contribution in [2.75, 3.05) is 19.8 Å². The molecule has 1 saturated heterocycles. The van der Waals surface area contributed by atoms with E-state index in [-0.39, 0.29) is 12.7 Å². The van der Waals surface area contributed by atoms with Crippen LogP contribution in [0.3, 0.4) is 0 Å². The van der Waals surface area contributed by atoms with Gasteiger partial charge in [-0.3, -0.25) is 0 Å². The zero-order valence-corrected chi connectivity index (χ0v) is 15.0. The molecule has 1 fully saturated rings. The van der Waals surface area contributed by atoms with Crippen LogP contribution >= 0.6 is 0 Å². The Morgan fingerprint density at radius 2 is 1.32 bits per heavy atom. The zero-order chi connectivity index (χ0) is 16.5. The summed E-state index contributed by atoms with van der Waals surface area (Å²) in [7, 11) is 0. The molecular formula is C19H39O3-. The summed E-state index contributed by atoms with van der Waals surface area (Å²) in [6.07, 6.45) is 14.1. The first-order valence-corrected chi connectivity index (χ1v) is 9.54. The lowest BCUT2D eigenvalue weighted by molar-refractivity contribution is -0.371. The number of hydrogen-bond acceptors (Lipinski definition) is 3. The van der Waals surface area contributed by atoms with Gasteiger partial charge in [0.1, 0.15) is 0 Å². The second kappa shape index (κ2) is 17.2. The first kappa shape index (κ1) is 21.9. The Morgan fingerprint density at radius 3 is 1.73 bits per heavy atom. The van der Waals surface area contributed by atoms with Crippen molar-refractivity contribution in [3.8, 4) is 0 Å². The number of unbranched alkanes of at least 4 members (excludes halogenated alkanes) is 7. The maximum Gasteiger partial charge on any atom is 0.0701 e. The van der Waals surface area contributed by atoms with Crippen LogP contribution in [0.1, 0.15) is 90.9 Å². The quantitative estimate of drug-likeness (QED) is 0.388. The van der Waals surface area contributed by atoms with Gasteiger partial charge in [0.2, 0.25) is 0 Å². The highest BCUT2D eigenvalue weighted by Gasteiger charge is 2.01. The summed E-state index contributed by atoms with van der Waals surface area (Å²) in [6.45, 7) is 6.48. The van der Waals surface area contributed by atoms with Crippen molar-refractivity contribution in [1.29, 1.82) is 0 Å². The molecule has 1 aliphatic rings. The Labute approximate surface area is 138 Å². The third kappa shape index (κ3) is 19.9. The van der Waals surface area contributed by atoms with Crippen molar-refractivity contribution in [3.05, 3.63) is 0 Å². The van der Waals surface area contributed by atoms with Crippen LogP contribution in [0.5, 0.6) is 0 Å². The molecule has 134 valence electrons. The fraction of sp³-hybridized carbons (Fsp3) is 1.00. The van der Waals surface area contributed by atoms with Crippen LogP contribution in [0.25, 0.3) is 0 Å². The van der Waals surface area contributed by atoms with Crippen LogP contribution in [0.15, 0.2) is 0 Å². The third-order valence-corrected chi connectivity index (χ3v) is 4.34. The summed E-state index contributed by atoms with van der Waals surface area (Å²) in [6, 6.07) is 0. The molecule has 0 spiro atoms. The molecule has 1 heterocycles. The van der Waals surface area contributed by atoms with Crippen molar-refractivity contribution in [2.24, 2.45) is 5.92 Å². The first-order chi connectivity index (χ1) is 10.7. The predicted molar refractivity (Wildman–Crippen MR) is 91.9 cm³/mol. The highest BCUT2D eigenvalue weighted by molar-refractivity contribution is 4.55. The third-order valence-electron chi connectivity index (χ3n) is 4.34. The monoisotopic (exact) mass is 315 g/mol. The number of epoxide rings is 1. The minimum atomic E-state index is -0.349. The van der Waals surface area contributed by atoms with Gasteiger partial charge in [-0.2, -0.15) is 0 Å². The van der Waals surface area contributed by atoms with Gasteiger partial charge in [0.15, 0.2) is 0 Å². The van der Waals surface area contributed by atoms with Crippen molar-refractivity contribution in [2.45, 2.75) is 97.0 Å². The lowest BCUT2D eigenvalue weighted by Gasteiger charge is -2.11. The second-order valence-electron chi connectivity index (χ2n) is 6.68. The molecule has 0 aromatic rings. The fourth-order valence-corrected chi connectivity index (χ4v) is 2.42. The maximum absolute atomic E-state index is 10.3. The largest absolute Gasteiger partial charge is 0.854 e. The molecule has 0 aromatic carbocycles. The van der Waals surface area contributed by atoms with Crippen molar-refractivity contribution >= 4 is 0 Å². The van der Waals surface area contributed by atoms with E-state index in [0.717, 1.165) is 32.0 Å². The topological polar surface area (TPSA) is 55.8 Å². The van der Waals surface area contributed by atoms with Crippen LogP contribution in [0, 0.1) is 5.92 Å². The van der Waals surface area contributed by atoms with E-state index in [2.05, 4.69) is 18.6 Å². The van der Waals surface area contributed by atoms with E-state index in [1.807, 2.05) is 0 Å². The molecule has 0 aromatic heterocycles. The minimum Gasteiger partial charge on any atom is -0.854 e. The summed E-state index contributed by atoms with van der Waals surface area (Å²) in [4.78, 5) is 0. The number of ether oxygens (including phenoxy) is 1. The van der Waals surface area contributed by atoms with E-state index in [9.17, 15) is 10.2 Å². The van der Waals surface area contributed by atoms with Gasteiger partial charge in [0, 0.05) is 0 Å². The Bertz CT molecular complexity index is 204. The molecule has 0 amide bonds. The lowest BCUT2D eigenvalue weighted by Crippen LogP contribution is -2.15.